The van der Waals surface area contributed by atoms with Gasteiger partial charge in [0.1, 0.15) is 5.75 Å². The van der Waals surface area contributed by atoms with Crippen LogP contribution >= 0.6 is 11.6 Å². The first-order valence-electron chi connectivity index (χ1n) is 7.20. The van der Waals surface area contributed by atoms with Gasteiger partial charge in [-0.3, -0.25) is 0 Å². The Kier molecular flexibility index (Phi) is 6.71. The first kappa shape index (κ1) is 15.5. The van der Waals surface area contributed by atoms with Crippen LogP contribution in [0.1, 0.15) is 24.0 Å². The van der Waals surface area contributed by atoms with Crippen molar-refractivity contribution < 1.29 is 4.74 Å². The number of rotatable bonds is 6. The zero-order chi connectivity index (χ0) is 14.8. The van der Waals surface area contributed by atoms with Gasteiger partial charge in [-0.15, -0.1) is 11.6 Å². The minimum absolute atomic E-state index is 0.579. The lowest BCUT2D eigenvalue weighted by Crippen LogP contribution is -1.99. The zero-order valence-corrected chi connectivity index (χ0v) is 12.8. The number of halogens is 1. The Bertz CT molecular complexity index is 578. The summed E-state index contributed by atoms with van der Waals surface area (Å²) in [7, 11) is 0. The topological polar surface area (TPSA) is 9.23 Å². The minimum Gasteiger partial charge on any atom is -0.494 e. The molecule has 0 unspecified atom stereocenters. The van der Waals surface area contributed by atoms with E-state index in [9.17, 15) is 0 Å². The highest BCUT2D eigenvalue weighted by molar-refractivity contribution is 6.18. The molecule has 0 saturated carbocycles. The molecule has 0 aromatic heterocycles. The molecule has 0 bridgehead atoms. The largest absolute Gasteiger partial charge is 0.494 e. The van der Waals surface area contributed by atoms with Gasteiger partial charge < -0.3 is 4.74 Å². The maximum Gasteiger partial charge on any atom is 0.119 e. The van der Waals surface area contributed by atoms with Crippen molar-refractivity contribution in [3.05, 3.63) is 65.7 Å². The molecule has 0 amide bonds. The lowest BCUT2D eigenvalue weighted by Gasteiger charge is -2.06. The van der Waals surface area contributed by atoms with Crippen molar-refractivity contribution in [2.24, 2.45) is 0 Å². The Labute approximate surface area is 131 Å². The fourth-order valence-electron chi connectivity index (χ4n) is 1.96. The van der Waals surface area contributed by atoms with Crippen molar-refractivity contribution in [2.45, 2.75) is 19.3 Å². The standard InChI is InChI=1S/C19H19ClO/c20-15-5-4-9-18-11-13-19(14-12-18)21-16-6-10-17-7-2-1-3-8-17/h1-3,7-8,11-14H,5-6,10,15-16H2. The van der Waals surface area contributed by atoms with Crippen molar-refractivity contribution in [2.75, 3.05) is 12.5 Å². The highest BCUT2D eigenvalue weighted by Crippen LogP contribution is 2.12. The second kappa shape index (κ2) is 9.10. The number of ether oxygens (including phenoxy) is 1. The van der Waals surface area contributed by atoms with Crippen molar-refractivity contribution in [3.63, 3.8) is 0 Å². The normalized spacial score (nSPS) is 9.76. The van der Waals surface area contributed by atoms with Crippen LogP contribution in [0.3, 0.4) is 0 Å². The quantitative estimate of drug-likeness (QED) is 0.427. The van der Waals surface area contributed by atoms with Gasteiger partial charge >= 0.3 is 0 Å². The Morgan fingerprint density at radius 3 is 2.43 bits per heavy atom. The van der Waals surface area contributed by atoms with E-state index in [0.29, 0.717) is 5.88 Å². The maximum atomic E-state index is 5.74. The van der Waals surface area contributed by atoms with E-state index in [1.165, 1.54) is 5.56 Å². The third-order valence-corrected chi connectivity index (χ3v) is 3.22. The molecule has 0 fully saturated rings. The molecule has 0 heterocycles. The van der Waals surface area contributed by atoms with Crippen LogP contribution in [0.2, 0.25) is 0 Å². The highest BCUT2D eigenvalue weighted by atomic mass is 35.5. The molecule has 0 N–H and O–H groups in total. The van der Waals surface area contributed by atoms with Crippen LogP contribution in [0, 0.1) is 11.8 Å². The van der Waals surface area contributed by atoms with E-state index < -0.39 is 0 Å². The van der Waals surface area contributed by atoms with E-state index in [1.807, 2.05) is 30.3 Å². The molecule has 21 heavy (non-hydrogen) atoms. The molecule has 2 heteroatoms. The van der Waals surface area contributed by atoms with Crippen LogP contribution in [0.4, 0.5) is 0 Å². The summed E-state index contributed by atoms with van der Waals surface area (Å²) in [5, 5.41) is 0. The smallest absolute Gasteiger partial charge is 0.119 e. The summed E-state index contributed by atoms with van der Waals surface area (Å²) in [4.78, 5) is 0. The van der Waals surface area contributed by atoms with Gasteiger partial charge in [0.15, 0.2) is 0 Å². The van der Waals surface area contributed by atoms with Gasteiger partial charge in [-0.2, -0.15) is 0 Å². The van der Waals surface area contributed by atoms with Crippen molar-refractivity contribution in [1.82, 2.24) is 0 Å². The predicted molar refractivity (Wildman–Crippen MR) is 88.9 cm³/mol. The molecule has 108 valence electrons. The van der Waals surface area contributed by atoms with Crippen LogP contribution in [-0.2, 0) is 6.42 Å². The lowest BCUT2D eigenvalue weighted by molar-refractivity contribution is 0.311. The van der Waals surface area contributed by atoms with E-state index in [4.69, 9.17) is 16.3 Å². The van der Waals surface area contributed by atoms with Gasteiger partial charge in [-0.05, 0) is 42.7 Å². The van der Waals surface area contributed by atoms with Crippen LogP contribution in [0.5, 0.6) is 5.75 Å². The molecule has 0 aliphatic carbocycles. The molecule has 0 atom stereocenters. The second-order valence-corrected chi connectivity index (χ2v) is 5.08. The number of hydrogen-bond donors (Lipinski definition) is 0. The number of aryl methyl sites for hydroxylation is 1. The fourth-order valence-corrected chi connectivity index (χ4v) is 2.05. The Morgan fingerprint density at radius 2 is 1.71 bits per heavy atom. The molecular formula is C19H19ClO. The molecule has 2 rings (SSSR count). The van der Waals surface area contributed by atoms with Gasteiger partial charge in [0.2, 0.25) is 0 Å². The molecule has 1 nitrogen and oxygen atoms in total. The molecule has 0 radical (unpaired) electrons. The SMILES string of the molecule is ClCCC#Cc1ccc(OCCCc2ccccc2)cc1. The summed E-state index contributed by atoms with van der Waals surface area (Å²) in [6.45, 7) is 0.728. The van der Waals surface area contributed by atoms with Gasteiger partial charge in [-0.25, -0.2) is 0 Å². The number of benzene rings is 2. The van der Waals surface area contributed by atoms with Crippen molar-refractivity contribution in [3.8, 4) is 17.6 Å². The number of hydrogen-bond acceptors (Lipinski definition) is 1. The van der Waals surface area contributed by atoms with Gasteiger partial charge in [0.05, 0.1) is 6.61 Å². The molecule has 0 aliphatic rings. The zero-order valence-electron chi connectivity index (χ0n) is 12.0. The third kappa shape index (κ3) is 5.94. The van der Waals surface area contributed by atoms with Crippen LogP contribution in [0.25, 0.3) is 0 Å². The molecule has 0 spiro atoms. The van der Waals surface area contributed by atoms with E-state index in [1.54, 1.807) is 0 Å². The first-order valence-corrected chi connectivity index (χ1v) is 7.73. The van der Waals surface area contributed by atoms with E-state index in [0.717, 1.165) is 37.2 Å². The average Bonchev–Trinajstić information content (AvgIpc) is 2.54. The Balaban J connectivity index is 1.73. The van der Waals surface area contributed by atoms with E-state index in [2.05, 4.69) is 36.1 Å². The average molecular weight is 299 g/mol. The van der Waals surface area contributed by atoms with Gasteiger partial charge in [-0.1, -0.05) is 42.2 Å². The van der Waals surface area contributed by atoms with Crippen LogP contribution < -0.4 is 4.74 Å². The fraction of sp³-hybridized carbons (Fsp3) is 0.263. The third-order valence-electron chi connectivity index (χ3n) is 3.03. The lowest BCUT2D eigenvalue weighted by atomic mass is 10.1. The summed E-state index contributed by atoms with van der Waals surface area (Å²) < 4.78 is 5.74. The van der Waals surface area contributed by atoms with Crippen molar-refractivity contribution in [1.29, 1.82) is 0 Å². The van der Waals surface area contributed by atoms with Gasteiger partial charge in [0, 0.05) is 17.9 Å². The molecule has 0 saturated heterocycles. The van der Waals surface area contributed by atoms with E-state index >= 15 is 0 Å². The summed E-state index contributed by atoms with van der Waals surface area (Å²) in [5.74, 6) is 7.56. The molecular weight excluding hydrogens is 280 g/mol. The van der Waals surface area contributed by atoms with Crippen LogP contribution in [-0.4, -0.2) is 12.5 Å². The molecule has 2 aromatic carbocycles. The monoisotopic (exact) mass is 298 g/mol. The highest BCUT2D eigenvalue weighted by Gasteiger charge is 1.95. The van der Waals surface area contributed by atoms with Crippen molar-refractivity contribution >= 4 is 11.6 Å². The van der Waals surface area contributed by atoms with E-state index in [-0.39, 0.29) is 0 Å². The Hall–Kier alpha value is -1.91. The Morgan fingerprint density at radius 1 is 0.952 bits per heavy atom. The molecule has 2 aromatic rings. The maximum absolute atomic E-state index is 5.74. The van der Waals surface area contributed by atoms with Gasteiger partial charge in [0.25, 0.3) is 0 Å². The summed E-state index contributed by atoms with van der Waals surface area (Å²) in [6, 6.07) is 18.4. The summed E-state index contributed by atoms with van der Waals surface area (Å²) in [6.07, 6.45) is 2.78. The second-order valence-electron chi connectivity index (χ2n) is 4.70. The first-order chi connectivity index (χ1) is 10.4. The van der Waals surface area contributed by atoms with Crippen LogP contribution in [0.15, 0.2) is 54.6 Å². The summed E-state index contributed by atoms with van der Waals surface area (Å²) in [5.41, 5.74) is 2.35. The number of alkyl halides is 1. The predicted octanol–water partition coefficient (Wildman–Crippen LogP) is 4.68. The minimum atomic E-state index is 0.579. The summed E-state index contributed by atoms with van der Waals surface area (Å²) >= 11 is 5.59. The molecule has 0 aliphatic heterocycles.